The molecule has 5 N–H and O–H groups in total. The number of nitrogens with zero attached hydrogens (tertiary/aromatic N) is 5. The molecular formula is C48H50N8O11S. The van der Waals surface area contributed by atoms with Gasteiger partial charge in [0.15, 0.2) is 12.4 Å². The minimum atomic E-state index is -3.81. The van der Waals surface area contributed by atoms with Gasteiger partial charge in [0.25, 0.3) is 5.91 Å². The number of urea groups is 1. The van der Waals surface area contributed by atoms with Crippen LogP contribution in [0.1, 0.15) is 90.3 Å². The maximum Gasteiger partial charge on any atom is 0.360 e. The van der Waals surface area contributed by atoms with E-state index in [0.717, 1.165) is 16.3 Å². The van der Waals surface area contributed by atoms with Crippen LogP contribution in [0.5, 0.6) is 5.75 Å². The SMILES string of the molecule is CC1(C)CC(Nc2cccc(-n3cc(OCC(=O)O)c(C(=O)O)n3)c2)CCN1S(=O)(=O)Cc1cccc(NC(=O)N2CCC(c3ccc4c5c(cccc35)C(=O)N4C3CCC(=O)NC3=O)CC2)c1. The number of anilines is 3. The molecule has 68 heavy (non-hydrogen) atoms. The molecule has 9 rings (SSSR count). The Kier molecular flexibility index (Phi) is 12.2. The predicted octanol–water partition coefficient (Wildman–Crippen LogP) is 5.55. The fourth-order valence-electron chi connectivity index (χ4n) is 10.1. The molecule has 5 aromatic rings. The van der Waals surface area contributed by atoms with Crippen LogP contribution in [0.4, 0.5) is 21.9 Å². The Balaban J connectivity index is 0.798. The van der Waals surface area contributed by atoms with E-state index in [0.29, 0.717) is 72.6 Å². The van der Waals surface area contributed by atoms with Crippen molar-refractivity contribution >= 4 is 73.5 Å². The average Bonchev–Trinajstić information content (AvgIpc) is 3.85. The number of nitrogens with one attached hydrogen (secondary N) is 3. The van der Waals surface area contributed by atoms with Gasteiger partial charge in [-0.3, -0.25) is 24.6 Å². The molecule has 4 aliphatic rings. The van der Waals surface area contributed by atoms with Crippen molar-refractivity contribution in [2.75, 3.05) is 41.8 Å². The maximum atomic E-state index is 14.0. The molecule has 2 atom stereocenters. The summed E-state index contributed by atoms with van der Waals surface area (Å²) in [4.78, 5) is 77.9. The highest BCUT2D eigenvalue weighted by atomic mass is 32.2. The molecule has 0 saturated carbocycles. The zero-order valence-electron chi connectivity index (χ0n) is 37.3. The highest BCUT2D eigenvalue weighted by Crippen LogP contribution is 2.44. The van der Waals surface area contributed by atoms with Crippen molar-refractivity contribution in [3.05, 3.63) is 107 Å². The van der Waals surface area contributed by atoms with Crippen molar-refractivity contribution in [2.24, 2.45) is 0 Å². The number of aromatic carboxylic acids is 1. The second-order valence-electron chi connectivity index (χ2n) is 18.2. The number of benzene rings is 4. The van der Waals surface area contributed by atoms with Gasteiger partial charge in [-0.15, -0.1) is 0 Å². The number of piperidine rings is 3. The van der Waals surface area contributed by atoms with Crippen LogP contribution in [0, 0.1) is 0 Å². The highest BCUT2D eigenvalue weighted by molar-refractivity contribution is 7.88. The zero-order chi connectivity index (χ0) is 48.1. The van der Waals surface area contributed by atoms with Crippen LogP contribution in [0.25, 0.3) is 16.5 Å². The van der Waals surface area contributed by atoms with Crippen molar-refractivity contribution in [1.29, 1.82) is 0 Å². The summed E-state index contributed by atoms with van der Waals surface area (Å²) in [6, 6.07) is 22.2. The minimum Gasteiger partial charge on any atom is -0.479 e. The van der Waals surface area contributed by atoms with Crippen LogP contribution in [-0.4, -0.2) is 117 Å². The fraction of sp³-hybridized carbons (Fsp3) is 0.354. The summed E-state index contributed by atoms with van der Waals surface area (Å²) < 4.78 is 36.1. The molecule has 0 bridgehead atoms. The lowest BCUT2D eigenvalue weighted by atomic mass is 9.85. The Morgan fingerprint density at radius 3 is 2.38 bits per heavy atom. The molecule has 4 aromatic carbocycles. The number of likely N-dealkylation sites (tertiary alicyclic amines) is 1. The molecule has 0 spiro atoms. The smallest absolute Gasteiger partial charge is 0.360 e. The Morgan fingerprint density at radius 1 is 0.897 bits per heavy atom. The van der Waals surface area contributed by atoms with Crippen molar-refractivity contribution < 1.29 is 52.1 Å². The van der Waals surface area contributed by atoms with Crippen LogP contribution < -0.4 is 25.6 Å². The summed E-state index contributed by atoms with van der Waals surface area (Å²) >= 11 is 0. The molecule has 3 saturated heterocycles. The number of imide groups is 1. The fourth-order valence-corrected chi connectivity index (χ4v) is 12.1. The first kappa shape index (κ1) is 45.8. The lowest BCUT2D eigenvalue weighted by molar-refractivity contribution is -0.139. The molecule has 20 heteroatoms. The standard InChI is InChI=1S/C48H50N8O11S/c1-48(2)24-32(49-31-8-4-9-33(23-31)54-25-39(67-26-41(58)59)43(52-54)46(62)63)18-21-55(48)68(65,66)27-28-6-3-7-30(22-28)50-47(64)53-19-16-29(17-20-53)34-12-13-37-42-35(34)10-5-11-36(42)45(61)56(37)38-14-15-40(57)51-44(38)60/h3-13,22-23,25,29,32,38,49H,14-21,24,26-27H2,1-2H3,(H,50,64)(H,58,59)(H,62,63)(H,51,57,60). The lowest BCUT2D eigenvalue weighted by Crippen LogP contribution is -2.55. The molecular weight excluding hydrogens is 897 g/mol. The summed E-state index contributed by atoms with van der Waals surface area (Å²) in [6.07, 6.45) is 4.06. The van der Waals surface area contributed by atoms with E-state index in [2.05, 4.69) is 21.0 Å². The van der Waals surface area contributed by atoms with E-state index in [1.54, 1.807) is 53.4 Å². The Bertz CT molecular complexity index is 3000. The molecule has 5 heterocycles. The normalized spacial score (nSPS) is 19.8. The molecule has 2 unspecified atom stereocenters. The van der Waals surface area contributed by atoms with Crippen LogP contribution in [-0.2, 0) is 30.2 Å². The van der Waals surface area contributed by atoms with E-state index < -0.39 is 51.8 Å². The number of hydrogen-bond donors (Lipinski definition) is 5. The first-order valence-corrected chi connectivity index (χ1v) is 24.0. The monoisotopic (exact) mass is 946 g/mol. The van der Waals surface area contributed by atoms with Crippen LogP contribution in [0.3, 0.4) is 0 Å². The van der Waals surface area contributed by atoms with Gasteiger partial charge in [0, 0.05) is 60.0 Å². The van der Waals surface area contributed by atoms with Crippen LogP contribution in [0.2, 0.25) is 0 Å². The number of amides is 5. The summed E-state index contributed by atoms with van der Waals surface area (Å²) in [6.45, 7) is 4.24. The minimum absolute atomic E-state index is 0.108. The number of carboxylic acid groups (broad SMARTS) is 2. The molecule has 19 nitrogen and oxygen atoms in total. The van der Waals surface area contributed by atoms with E-state index in [-0.39, 0.29) is 60.7 Å². The first-order valence-electron chi connectivity index (χ1n) is 22.4. The number of sulfonamides is 1. The third-order valence-electron chi connectivity index (χ3n) is 13.2. The summed E-state index contributed by atoms with van der Waals surface area (Å²) in [5, 5.41) is 33.2. The number of carbonyl (C=O) groups is 6. The van der Waals surface area contributed by atoms with Gasteiger partial charge >= 0.3 is 18.0 Å². The van der Waals surface area contributed by atoms with Crippen molar-refractivity contribution in [2.45, 2.75) is 81.7 Å². The number of aliphatic carboxylic acids is 1. The van der Waals surface area contributed by atoms with Crippen molar-refractivity contribution in [3.63, 3.8) is 0 Å². The Morgan fingerprint density at radius 2 is 1.65 bits per heavy atom. The molecule has 5 amide bonds. The van der Waals surface area contributed by atoms with Crippen molar-refractivity contribution in [1.82, 2.24) is 24.3 Å². The Hall–Kier alpha value is -7.32. The number of ether oxygens (including phenoxy) is 1. The molecule has 354 valence electrons. The summed E-state index contributed by atoms with van der Waals surface area (Å²) in [7, 11) is -3.81. The van der Waals surface area contributed by atoms with E-state index in [4.69, 9.17) is 9.84 Å². The summed E-state index contributed by atoms with van der Waals surface area (Å²) in [5.74, 6) is -4.06. The first-order chi connectivity index (χ1) is 32.5. The molecule has 0 radical (unpaired) electrons. The Labute approximate surface area is 391 Å². The average molecular weight is 947 g/mol. The number of carboxylic acids is 2. The van der Waals surface area contributed by atoms with E-state index in [9.17, 15) is 42.3 Å². The number of carbonyl (C=O) groups excluding carboxylic acids is 4. The second-order valence-corrected chi connectivity index (χ2v) is 20.1. The lowest BCUT2D eigenvalue weighted by Gasteiger charge is -2.45. The van der Waals surface area contributed by atoms with Gasteiger partial charge in [0.1, 0.15) is 6.04 Å². The third-order valence-corrected chi connectivity index (χ3v) is 15.2. The summed E-state index contributed by atoms with van der Waals surface area (Å²) in [5.41, 5.74) is 3.25. The molecule has 3 fully saturated rings. The number of rotatable bonds is 13. The van der Waals surface area contributed by atoms with Gasteiger partial charge in [0.05, 0.1) is 23.3 Å². The van der Waals surface area contributed by atoms with Gasteiger partial charge in [-0.2, -0.15) is 9.40 Å². The highest BCUT2D eigenvalue weighted by Gasteiger charge is 2.43. The van der Waals surface area contributed by atoms with Gasteiger partial charge in [-0.05, 0) is 111 Å². The maximum absolute atomic E-state index is 14.0. The molecule has 1 aromatic heterocycles. The quantitative estimate of drug-likeness (QED) is 0.0910. The third kappa shape index (κ3) is 9.07. The van der Waals surface area contributed by atoms with E-state index >= 15 is 0 Å². The number of aromatic nitrogens is 2. The van der Waals surface area contributed by atoms with Crippen molar-refractivity contribution in [3.8, 4) is 11.4 Å². The van der Waals surface area contributed by atoms with Crippen LogP contribution in [0.15, 0.2) is 85.1 Å². The molecule has 4 aliphatic heterocycles. The van der Waals surface area contributed by atoms with E-state index in [1.165, 1.54) is 20.1 Å². The van der Waals surface area contributed by atoms with E-state index in [1.807, 2.05) is 44.2 Å². The molecule has 0 aliphatic carbocycles. The zero-order valence-corrected chi connectivity index (χ0v) is 38.1. The number of hydrogen-bond acceptors (Lipinski definition) is 11. The largest absolute Gasteiger partial charge is 0.479 e. The topological polar surface area (TPSA) is 250 Å². The van der Waals surface area contributed by atoms with Crippen LogP contribution >= 0.6 is 0 Å². The van der Waals surface area contributed by atoms with Gasteiger partial charge < -0.3 is 30.5 Å². The second kappa shape index (κ2) is 18.1. The predicted molar refractivity (Wildman–Crippen MR) is 250 cm³/mol. The van der Waals surface area contributed by atoms with Gasteiger partial charge in [-0.1, -0.05) is 36.4 Å². The van der Waals surface area contributed by atoms with Gasteiger partial charge in [0.2, 0.25) is 27.5 Å². The van der Waals surface area contributed by atoms with Gasteiger partial charge in [-0.25, -0.2) is 27.5 Å².